The van der Waals surface area contributed by atoms with E-state index in [9.17, 15) is 14.9 Å². The van der Waals surface area contributed by atoms with Crippen LogP contribution in [0.1, 0.15) is 41.9 Å². The Hall–Kier alpha value is -3.42. The topological polar surface area (TPSA) is 98.7 Å². The van der Waals surface area contributed by atoms with Gasteiger partial charge in [0.15, 0.2) is 17.2 Å². The number of ether oxygens (including phenoxy) is 1. The molecular formula is C21H21N3O5. The van der Waals surface area contributed by atoms with Crippen molar-refractivity contribution in [2.24, 2.45) is 0 Å². The van der Waals surface area contributed by atoms with E-state index in [-0.39, 0.29) is 23.3 Å². The first-order valence-electron chi connectivity index (χ1n) is 9.62. The van der Waals surface area contributed by atoms with Crippen LogP contribution in [0.25, 0.3) is 11.1 Å². The van der Waals surface area contributed by atoms with Crippen LogP contribution in [0.5, 0.6) is 5.75 Å². The zero-order valence-corrected chi connectivity index (χ0v) is 16.0. The molecule has 8 nitrogen and oxygen atoms in total. The lowest BCUT2D eigenvalue weighted by Crippen LogP contribution is -2.38. The molecule has 0 saturated carbocycles. The number of hydrogen-bond donors (Lipinski definition) is 0. The quantitative estimate of drug-likeness (QED) is 0.475. The van der Waals surface area contributed by atoms with Crippen LogP contribution < -0.4 is 4.74 Å². The van der Waals surface area contributed by atoms with Crippen LogP contribution in [-0.2, 0) is 0 Å². The van der Waals surface area contributed by atoms with Crippen molar-refractivity contribution in [2.75, 3.05) is 19.7 Å². The second-order valence-corrected chi connectivity index (χ2v) is 6.96. The van der Waals surface area contributed by atoms with E-state index in [1.807, 2.05) is 24.3 Å². The molecule has 0 bridgehead atoms. The maximum Gasteiger partial charge on any atom is 0.311 e. The Balaban J connectivity index is 1.46. The number of amides is 1. The summed E-state index contributed by atoms with van der Waals surface area (Å²) in [6.07, 6.45) is 1.47. The Kier molecular flexibility index (Phi) is 5.16. The first kappa shape index (κ1) is 18.9. The highest BCUT2D eigenvalue weighted by Gasteiger charge is 2.28. The molecule has 150 valence electrons. The number of aromatic nitrogens is 1. The summed E-state index contributed by atoms with van der Waals surface area (Å²) >= 11 is 0. The van der Waals surface area contributed by atoms with Gasteiger partial charge in [0.05, 0.1) is 11.5 Å². The number of benzene rings is 2. The van der Waals surface area contributed by atoms with E-state index in [1.165, 1.54) is 12.1 Å². The van der Waals surface area contributed by atoms with E-state index in [2.05, 4.69) is 4.98 Å². The number of rotatable bonds is 5. The SMILES string of the molecule is CCOc1ccc(C(=O)N2CCC(c3nc4ccccc4o3)CC2)cc1[N+](=O)[O-]. The highest BCUT2D eigenvalue weighted by Crippen LogP contribution is 2.32. The van der Waals surface area contributed by atoms with Crippen LogP contribution in [0.3, 0.4) is 0 Å². The summed E-state index contributed by atoms with van der Waals surface area (Å²) in [5.74, 6) is 0.812. The number of nitro groups is 1. The second kappa shape index (κ2) is 7.90. The number of nitro benzene ring substituents is 1. The lowest BCUT2D eigenvalue weighted by molar-refractivity contribution is -0.385. The summed E-state index contributed by atoms with van der Waals surface area (Å²) in [4.78, 5) is 29.9. The van der Waals surface area contributed by atoms with Crippen molar-refractivity contribution < 1.29 is 18.9 Å². The normalized spacial score (nSPS) is 14.9. The molecule has 1 aliphatic rings. The molecule has 1 aromatic heterocycles. The van der Waals surface area contributed by atoms with E-state index >= 15 is 0 Å². The fraction of sp³-hybridized carbons (Fsp3) is 0.333. The van der Waals surface area contributed by atoms with Gasteiger partial charge in [-0.25, -0.2) is 4.98 Å². The third-order valence-corrected chi connectivity index (χ3v) is 5.14. The standard InChI is InChI=1S/C21H21N3O5/c1-2-28-19-8-7-15(13-17(19)24(26)27)21(25)23-11-9-14(10-12-23)20-22-16-5-3-4-6-18(16)29-20/h3-8,13-14H,2,9-12H2,1H3. The minimum absolute atomic E-state index is 0.154. The predicted octanol–water partition coefficient (Wildman–Crippen LogP) is 4.15. The lowest BCUT2D eigenvalue weighted by Gasteiger charge is -2.30. The number of carbonyl (C=O) groups is 1. The van der Waals surface area contributed by atoms with Crippen LogP contribution in [0.15, 0.2) is 46.9 Å². The number of piperidine rings is 1. The minimum Gasteiger partial charge on any atom is -0.487 e. The number of para-hydroxylation sites is 2. The molecule has 8 heteroatoms. The molecule has 1 saturated heterocycles. The molecule has 0 spiro atoms. The monoisotopic (exact) mass is 395 g/mol. The predicted molar refractivity (Wildman–Crippen MR) is 106 cm³/mol. The molecular weight excluding hydrogens is 374 g/mol. The van der Waals surface area contributed by atoms with Gasteiger partial charge in [-0.1, -0.05) is 12.1 Å². The molecule has 0 atom stereocenters. The second-order valence-electron chi connectivity index (χ2n) is 6.96. The van der Waals surface area contributed by atoms with Crippen molar-refractivity contribution in [3.63, 3.8) is 0 Å². The molecule has 2 heterocycles. The average Bonchev–Trinajstić information content (AvgIpc) is 3.18. The summed E-state index contributed by atoms with van der Waals surface area (Å²) in [5, 5.41) is 11.3. The Morgan fingerprint density at radius 2 is 2.03 bits per heavy atom. The van der Waals surface area contributed by atoms with Crippen molar-refractivity contribution in [3.05, 3.63) is 64.0 Å². The van der Waals surface area contributed by atoms with Gasteiger partial charge in [0.1, 0.15) is 5.52 Å². The van der Waals surface area contributed by atoms with Gasteiger partial charge in [-0.3, -0.25) is 14.9 Å². The van der Waals surface area contributed by atoms with Gasteiger partial charge >= 0.3 is 5.69 Å². The third-order valence-electron chi connectivity index (χ3n) is 5.14. The van der Waals surface area contributed by atoms with E-state index in [1.54, 1.807) is 17.9 Å². The van der Waals surface area contributed by atoms with Gasteiger partial charge in [-0.15, -0.1) is 0 Å². The highest BCUT2D eigenvalue weighted by molar-refractivity contribution is 5.95. The molecule has 2 aromatic carbocycles. The smallest absolute Gasteiger partial charge is 0.311 e. The Morgan fingerprint density at radius 1 is 1.28 bits per heavy atom. The molecule has 0 N–H and O–H groups in total. The fourth-order valence-corrected chi connectivity index (χ4v) is 3.65. The molecule has 1 amide bonds. The maximum atomic E-state index is 12.9. The van der Waals surface area contributed by atoms with Crippen molar-refractivity contribution >= 4 is 22.7 Å². The fourth-order valence-electron chi connectivity index (χ4n) is 3.65. The summed E-state index contributed by atoms with van der Waals surface area (Å²) in [6.45, 7) is 3.16. The lowest BCUT2D eigenvalue weighted by atomic mass is 9.96. The van der Waals surface area contributed by atoms with Gasteiger partial charge in [0, 0.05) is 30.6 Å². The molecule has 0 radical (unpaired) electrons. The summed E-state index contributed by atoms with van der Waals surface area (Å²) in [7, 11) is 0. The largest absolute Gasteiger partial charge is 0.487 e. The Bertz CT molecular complexity index is 1020. The van der Waals surface area contributed by atoms with Crippen molar-refractivity contribution in [1.29, 1.82) is 0 Å². The number of hydrogen-bond acceptors (Lipinski definition) is 6. The first-order chi connectivity index (χ1) is 14.1. The number of carbonyl (C=O) groups excluding carboxylic acids is 1. The van der Waals surface area contributed by atoms with Crippen LogP contribution in [-0.4, -0.2) is 40.4 Å². The molecule has 0 aliphatic carbocycles. The van der Waals surface area contributed by atoms with E-state index in [4.69, 9.17) is 9.15 Å². The molecule has 0 unspecified atom stereocenters. The first-order valence-corrected chi connectivity index (χ1v) is 9.62. The summed E-state index contributed by atoms with van der Waals surface area (Å²) in [5.41, 5.74) is 1.70. The Morgan fingerprint density at radius 3 is 2.72 bits per heavy atom. The van der Waals surface area contributed by atoms with Crippen LogP contribution >= 0.6 is 0 Å². The average molecular weight is 395 g/mol. The van der Waals surface area contributed by atoms with E-state index < -0.39 is 4.92 Å². The van der Waals surface area contributed by atoms with E-state index in [0.717, 1.165) is 23.9 Å². The third kappa shape index (κ3) is 3.78. The summed E-state index contributed by atoms with van der Waals surface area (Å²) in [6, 6.07) is 12.0. The number of likely N-dealkylation sites (tertiary alicyclic amines) is 1. The number of oxazole rings is 1. The van der Waals surface area contributed by atoms with Crippen LogP contribution in [0.4, 0.5) is 5.69 Å². The number of nitrogens with zero attached hydrogens (tertiary/aromatic N) is 3. The molecule has 29 heavy (non-hydrogen) atoms. The number of fused-ring (bicyclic) bond motifs is 1. The molecule has 1 fully saturated rings. The summed E-state index contributed by atoms with van der Waals surface area (Å²) < 4.78 is 11.1. The van der Waals surface area contributed by atoms with Gasteiger partial charge in [0.25, 0.3) is 5.91 Å². The maximum absolute atomic E-state index is 12.9. The van der Waals surface area contributed by atoms with Gasteiger partial charge < -0.3 is 14.1 Å². The van der Waals surface area contributed by atoms with Crippen molar-refractivity contribution in [1.82, 2.24) is 9.88 Å². The van der Waals surface area contributed by atoms with Crippen molar-refractivity contribution in [3.8, 4) is 5.75 Å². The molecule has 1 aliphatic heterocycles. The van der Waals surface area contributed by atoms with E-state index in [0.29, 0.717) is 31.2 Å². The molecule has 3 aromatic rings. The van der Waals surface area contributed by atoms with Gasteiger partial charge in [-0.2, -0.15) is 0 Å². The zero-order valence-electron chi connectivity index (χ0n) is 16.0. The zero-order chi connectivity index (χ0) is 20.4. The van der Waals surface area contributed by atoms with Gasteiger partial charge in [0.2, 0.25) is 0 Å². The van der Waals surface area contributed by atoms with Crippen LogP contribution in [0, 0.1) is 10.1 Å². The molecule has 4 rings (SSSR count). The Labute approximate surface area is 167 Å². The van der Waals surface area contributed by atoms with Gasteiger partial charge in [-0.05, 0) is 44.0 Å². The van der Waals surface area contributed by atoms with Crippen LogP contribution in [0.2, 0.25) is 0 Å². The van der Waals surface area contributed by atoms with Crippen molar-refractivity contribution in [2.45, 2.75) is 25.7 Å². The highest BCUT2D eigenvalue weighted by atomic mass is 16.6. The minimum atomic E-state index is -0.527.